The molecule has 1 aliphatic heterocycles. The van der Waals surface area contributed by atoms with E-state index >= 15 is 0 Å². The van der Waals surface area contributed by atoms with Crippen LogP contribution in [0.5, 0.6) is 5.75 Å². The first kappa shape index (κ1) is 22.2. The van der Waals surface area contributed by atoms with Crippen molar-refractivity contribution in [1.29, 1.82) is 0 Å². The minimum atomic E-state index is -3.78. The molecule has 3 aromatic carbocycles. The molecule has 0 atom stereocenters. The van der Waals surface area contributed by atoms with E-state index in [0.717, 1.165) is 17.7 Å². The van der Waals surface area contributed by atoms with E-state index < -0.39 is 10.0 Å². The predicted molar refractivity (Wildman–Crippen MR) is 126 cm³/mol. The lowest BCUT2D eigenvalue weighted by Crippen LogP contribution is -2.35. The number of hydrogen-bond acceptors (Lipinski definition) is 4. The van der Waals surface area contributed by atoms with E-state index in [1.165, 1.54) is 6.07 Å². The summed E-state index contributed by atoms with van der Waals surface area (Å²) >= 11 is 5.93. The number of sulfonamides is 1. The Morgan fingerprint density at radius 2 is 1.78 bits per heavy atom. The smallest absolute Gasteiger partial charge is 0.261 e. The van der Waals surface area contributed by atoms with Gasteiger partial charge in [-0.25, -0.2) is 8.42 Å². The largest absolute Gasteiger partial charge is 0.494 e. The Balaban J connectivity index is 1.57. The average molecular weight is 471 g/mol. The molecule has 0 saturated carbocycles. The van der Waals surface area contributed by atoms with E-state index in [9.17, 15) is 13.2 Å². The third kappa shape index (κ3) is 4.74. The van der Waals surface area contributed by atoms with Crippen molar-refractivity contribution >= 4 is 38.9 Å². The second-order valence-electron chi connectivity index (χ2n) is 7.42. The van der Waals surface area contributed by atoms with Crippen LogP contribution in [0.2, 0.25) is 5.02 Å². The van der Waals surface area contributed by atoms with Crippen molar-refractivity contribution in [2.75, 3.05) is 22.8 Å². The van der Waals surface area contributed by atoms with Gasteiger partial charge in [0.05, 0.1) is 11.5 Å². The fourth-order valence-corrected chi connectivity index (χ4v) is 4.93. The van der Waals surface area contributed by atoms with Gasteiger partial charge in [-0.05, 0) is 92.1 Å². The topological polar surface area (TPSA) is 75.7 Å². The zero-order valence-corrected chi connectivity index (χ0v) is 19.1. The van der Waals surface area contributed by atoms with Crippen LogP contribution >= 0.6 is 11.6 Å². The first-order valence-corrected chi connectivity index (χ1v) is 12.2. The van der Waals surface area contributed by atoms with Crippen LogP contribution in [0.15, 0.2) is 71.6 Å². The zero-order valence-electron chi connectivity index (χ0n) is 17.5. The number of benzene rings is 3. The maximum Gasteiger partial charge on any atom is 0.261 e. The standard InChI is InChI=1S/C24H23ClN2O4S/c1-2-31-21-11-9-20(10-12-21)26-32(29,30)22-13-14-23-18(16-22)4-3-15-27(23)24(28)17-5-7-19(25)8-6-17/h5-14,16,26H,2-4,15H2,1H3. The Hall–Kier alpha value is -3.03. The van der Waals surface area contributed by atoms with Crippen LogP contribution in [0.1, 0.15) is 29.3 Å². The number of carbonyl (C=O) groups excluding carboxylic acids is 1. The van der Waals surface area contributed by atoms with Crippen molar-refractivity contribution in [2.45, 2.75) is 24.7 Å². The molecule has 166 valence electrons. The SMILES string of the molecule is CCOc1ccc(NS(=O)(=O)c2ccc3c(c2)CCCN3C(=O)c2ccc(Cl)cc2)cc1. The van der Waals surface area contributed by atoms with Crippen LogP contribution in [0.3, 0.4) is 0 Å². The van der Waals surface area contributed by atoms with Gasteiger partial charge in [0.2, 0.25) is 0 Å². The molecule has 6 nitrogen and oxygen atoms in total. The molecule has 3 aromatic rings. The van der Waals surface area contributed by atoms with Crippen LogP contribution in [0.25, 0.3) is 0 Å². The summed E-state index contributed by atoms with van der Waals surface area (Å²) in [5, 5.41) is 0.565. The van der Waals surface area contributed by atoms with Crippen molar-refractivity contribution in [3.8, 4) is 5.75 Å². The van der Waals surface area contributed by atoms with Gasteiger partial charge in [-0.1, -0.05) is 11.6 Å². The van der Waals surface area contributed by atoms with E-state index in [-0.39, 0.29) is 10.8 Å². The van der Waals surface area contributed by atoms with Crippen molar-refractivity contribution in [3.05, 3.63) is 82.9 Å². The molecule has 0 saturated heterocycles. The van der Waals surface area contributed by atoms with E-state index in [4.69, 9.17) is 16.3 Å². The first-order valence-electron chi connectivity index (χ1n) is 10.3. The van der Waals surface area contributed by atoms with Gasteiger partial charge >= 0.3 is 0 Å². The lowest BCUT2D eigenvalue weighted by Gasteiger charge is -2.30. The van der Waals surface area contributed by atoms with Crippen LogP contribution in [-0.4, -0.2) is 27.5 Å². The molecule has 8 heteroatoms. The third-order valence-corrected chi connectivity index (χ3v) is 6.86. The molecule has 0 aromatic heterocycles. The van der Waals surface area contributed by atoms with Gasteiger partial charge in [0, 0.05) is 28.5 Å². The molecule has 0 aliphatic carbocycles. The van der Waals surface area contributed by atoms with E-state index in [0.29, 0.717) is 41.6 Å². The van der Waals surface area contributed by atoms with E-state index in [1.54, 1.807) is 65.6 Å². The lowest BCUT2D eigenvalue weighted by atomic mass is 10.0. The number of halogens is 1. The van der Waals surface area contributed by atoms with Crippen LogP contribution in [0.4, 0.5) is 11.4 Å². The van der Waals surface area contributed by atoms with E-state index in [2.05, 4.69) is 4.72 Å². The number of rotatable bonds is 6. The molecule has 1 aliphatic rings. The van der Waals surface area contributed by atoms with Gasteiger partial charge in [0.1, 0.15) is 5.75 Å². The summed E-state index contributed by atoms with van der Waals surface area (Å²) in [6.45, 7) is 3.00. The fraction of sp³-hybridized carbons (Fsp3) is 0.208. The summed E-state index contributed by atoms with van der Waals surface area (Å²) in [6.07, 6.45) is 1.45. The monoisotopic (exact) mass is 470 g/mol. The normalized spacial score (nSPS) is 13.4. The van der Waals surface area contributed by atoms with Gasteiger partial charge in [0.15, 0.2) is 0 Å². The number of carbonyl (C=O) groups is 1. The summed E-state index contributed by atoms with van der Waals surface area (Å²) in [5.74, 6) is 0.542. The van der Waals surface area contributed by atoms with E-state index in [1.807, 2.05) is 6.92 Å². The summed E-state index contributed by atoms with van der Waals surface area (Å²) in [7, 11) is -3.78. The highest BCUT2D eigenvalue weighted by molar-refractivity contribution is 7.92. The number of nitrogens with zero attached hydrogens (tertiary/aromatic N) is 1. The number of anilines is 2. The Kier molecular flexibility index (Phi) is 6.39. The molecule has 0 spiro atoms. The number of amides is 1. The molecular weight excluding hydrogens is 448 g/mol. The highest BCUT2D eigenvalue weighted by Crippen LogP contribution is 2.31. The minimum Gasteiger partial charge on any atom is -0.494 e. The molecule has 0 radical (unpaired) electrons. The molecule has 32 heavy (non-hydrogen) atoms. The number of ether oxygens (including phenoxy) is 1. The van der Waals surface area contributed by atoms with Gasteiger partial charge in [-0.2, -0.15) is 0 Å². The molecule has 4 rings (SSSR count). The van der Waals surface area contributed by atoms with Gasteiger partial charge in [-0.3, -0.25) is 9.52 Å². The molecule has 1 heterocycles. The Bertz CT molecular complexity index is 1230. The molecule has 1 amide bonds. The zero-order chi connectivity index (χ0) is 22.7. The van der Waals surface area contributed by atoms with Gasteiger partial charge < -0.3 is 9.64 Å². The predicted octanol–water partition coefficient (Wildman–Crippen LogP) is 5.13. The number of fused-ring (bicyclic) bond motifs is 1. The maximum absolute atomic E-state index is 13.0. The molecule has 0 unspecified atom stereocenters. The summed E-state index contributed by atoms with van der Waals surface area (Å²) < 4.78 is 33.9. The fourth-order valence-electron chi connectivity index (χ4n) is 3.70. The lowest BCUT2D eigenvalue weighted by molar-refractivity contribution is 0.0985. The summed E-state index contributed by atoms with van der Waals surface area (Å²) in [5.41, 5.74) is 2.55. The van der Waals surface area contributed by atoms with Gasteiger partial charge in [-0.15, -0.1) is 0 Å². The minimum absolute atomic E-state index is 0.134. The summed E-state index contributed by atoms with van der Waals surface area (Å²) in [6, 6.07) is 18.4. The first-order chi connectivity index (χ1) is 15.4. The molecule has 0 fully saturated rings. The van der Waals surface area contributed by atoms with Crippen LogP contribution in [-0.2, 0) is 16.4 Å². The Labute approximate surface area is 192 Å². The second kappa shape index (κ2) is 9.22. The Morgan fingerprint density at radius 1 is 1.06 bits per heavy atom. The quantitative estimate of drug-likeness (QED) is 0.541. The van der Waals surface area contributed by atoms with Crippen LogP contribution in [0, 0.1) is 0 Å². The summed E-state index contributed by atoms with van der Waals surface area (Å²) in [4.78, 5) is 14.9. The average Bonchev–Trinajstić information content (AvgIpc) is 2.79. The third-order valence-electron chi connectivity index (χ3n) is 5.23. The van der Waals surface area contributed by atoms with Crippen LogP contribution < -0.4 is 14.4 Å². The van der Waals surface area contributed by atoms with Crippen molar-refractivity contribution in [1.82, 2.24) is 0 Å². The highest BCUT2D eigenvalue weighted by atomic mass is 35.5. The molecule has 1 N–H and O–H groups in total. The van der Waals surface area contributed by atoms with Gasteiger partial charge in [0.25, 0.3) is 15.9 Å². The highest BCUT2D eigenvalue weighted by Gasteiger charge is 2.25. The second-order valence-corrected chi connectivity index (χ2v) is 9.54. The van der Waals surface area contributed by atoms with Crippen molar-refractivity contribution < 1.29 is 17.9 Å². The maximum atomic E-state index is 13.0. The van der Waals surface area contributed by atoms with Crippen molar-refractivity contribution in [2.24, 2.45) is 0 Å². The Morgan fingerprint density at radius 3 is 2.47 bits per heavy atom. The number of nitrogens with one attached hydrogen (secondary N) is 1. The van der Waals surface area contributed by atoms with Crippen molar-refractivity contribution in [3.63, 3.8) is 0 Å². The number of aryl methyl sites for hydroxylation is 1. The molecule has 0 bridgehead atoms. The number of hydrogen-bond donors (Lipinski definition) is 1. The molecular formula is C24H23ClN2O4S.